The van der Waals surface area contributed by atoms with Crippen molar-refractivity contribution in [2.75, 3.05) is 6.54 Å². The third-order valence-corrected chi connectivity index (χ3v) is 4.33. The molecule has 0 rings (SSSR count). The molecule has 0 saturated heterocycles. The molecule has 3 N–H and O–H groups in total. The van der Waals surface area contributed by atoms with Gasteiger partial charge in [0.05, 0.1) is 6.10 Å². The van der Waals surface area contributed by atoms with Crippen molar-refractivity contribution in [1.29, 1.82) is 0 Å². The van der Waals surface area contributed by atoms with Gasteiger partial charge < -0.3 is 25.2 Å². The van der Waals surface area contributed by atoms with Gasteiger partial charge in [0.15, 0.2) is 0 Å². The van der Waals surface area contributed by atoms with Crippen LogP contribution in [-0.2, 0) is 9.47 Å². The lowest BCUT2D eigenvalue weighted by Gasteiger charge is -2.35. The number of aliphatic hydroxyl groups is 1. The van der Waals surface area contributed by atoms with Gasteiger partial charge in [0, 0.05) is 18.5 Å². The standard InChI is InChI=1S/C22H42N2O5/c1-11-17(25)16(15(2)24-19(27)29-21(6,7)8)14-22(9,10)12-13-23-18(26)28-20(3,4)5/h11,15-17,25H,1,12-14H2,2-10H3,(H,23,26)(H,24,27)/t15-,16-,17?/m1/s1. The van der Waals surface area contributed by atoms with E-state index in [0.29, 0.717) is 19.4 Å². The molecule has 0 fully saturated rings. The minimum atomic E-state index is -0.780. The minimum absolute atomic E-state index is 0.201. The first-order chi connectivity index (χ1) is 13.0. The highest BCUT2D eigenvalue weighted by molar-refractivity contribution is 5.68. The van der Waals surface area contributed by atoms with Crippen LogP contribution in [0.25, 0.3) is 0 Å². The first kappa shape index (κ1) is 27.2. The van der Waals surface area contributed by atoms with Crippen LogP contribution in [0.1, 0.15) is 75.2 Å². The summed E-state index contributed by atoms with van der Waals surface area (Å²) in [4.78, 5) is 23.9. The SMILES string of the molecule is C=CC(O)[C@H](CC(C)(C)CCNC(=O)OC(C)(C)C)[C@@H](C)NC(=O)OC(C)(C)C. The number of aliphatic hydroxyl groups excluding tert-OH is 1. The van der Waals surface area contributed by atoms with Crippen LogP contribution in [0.15, 0.2) is 12.7 Å². The van der Waals surface area contributed by atoms with Crippen LogP contribution in [0.4, 0.5) is 9.59 Å². The number of ether oxygens (including phenoxy) is 2. The first-order valence-electron chi connectivity index (χ1n) is 10.2. The van der Waals surface area contributed by atoms with Crippen LogP contribution in [0.2, 0.25) is 0 Å². The molecule has 0 radical (unpaired) electrons. The lowest BCUT2D eigenvalue weighted by molar-refractivity contribution is 0.0402. The highest BCUT2D eigenvalue weighted by Gasteiger charge is 2.32. The van der Waals surface area contributed by atoms with Gasteiger partial charge >= 0.3 is 12.2 Å². The Morgan fingerprint density at radius 1 is 1.00 bits per heavy atom. The third kappa shape index (κ3) is 13.2. The van der Waals surface area contributed by atoms with Gasteiger partial charge in [-0.3, -0.25) is 0 Å². The Hall–Kier alpha value is -1.76. The predicted molar refractivity (Wildman–Crippen MR) is 116 cm³/mol. The summed E-state index contributed by atoms with van der Waals surface area (Å²) in [6.45, 7) is 21.0. The fraction of sp³-hybridized carbons (Fsp3) is 0.818. The molecule has 7 heteroatoms. The molecule has 7 nitrogen and oxygen atoms in total. The molecule has 3 atom stereocenters. The molecule has 0 saturated carbocycles. The number of hydrogen-bond acceptors (Lipinski definition) is 5. The van der Waals surface area contributed by atoms with Gasteiger partial charge in [-0.05, 0) is 66.7 Å². The summed E-state index contributed by atoms with van der Waals surface area (Å²) in [5.74, 6) is -0.253. The largest absolute Gasteiger partial charge is 0.444 e. The van der Waals surface area contributed by atoms with Crippen molar-refractivity contribution in [3.8, 4) is 0 Å². The Morgan fingerprint density at radius 3 is 1.93 bits per heavy atom. The molecule has 170 valence electrons. The van der Waals surface area contributed by atoms with E-state index in [0.717, 1.165) is 0 Å². The van der Waals surface area contributed by atoms with E-state index in [1.165, 1.54) is 6.08 Å². The highest BCUT2D eigenvalue weighted by Crippen LogP contribution is 2.32. The first-order valence-corrected chi connectivity index (χ1v) is 10.2. The Morgan fingerprint density at radius 2 is 1.48 bits per heavy atom. The van der Waals surface area contributed by atoms with Crippen molar-refractivity contribution < 1.29 is 24.2 Å². The zero-order valence-corrected chi connectivity index (χ0v) is 19.7. The Labute approximate surface area is 176 Å². The van der Waals surface area contributed by atoms with E-state index >= 15 is 0 Å². The molecule has 0 aliphatic rings. The molecule has 0 spiro atoms. The van der Waals surface area contributed by atoms with Crippen molar-refractivity contribution in [3.05, 3.63) is 12.7 Å². The molecule has 0 heterocycles. The van der Waals surface area contributed by atoms with E-state index in [1.54, 1.807) is 20.8 Å². The summed E-state index contributed by atoms with van der Waals surface area (Å²) >= 11 is 0. The van der Waals surface area contributed by atoms with E-state index in [-0.39, 0.29) is 17.4 Å². The average Bonchev–Trinajstić information content (AvgIpc) is 2.47. The maximum absolute atomic E-state index is 12.1. The Balaban J connectivity index is 4.87. The van der Waals surface area contributed by atoms with E-state index in [1.807, 2.05) is 27.7 Å². The Bertz CT molecular complexity index is 546. The maximum Gasteiger partial charge on any atom is 0.407 e. The zero-order valence-electron chi connectivity index (χ0n) is 19.7. The fourth-order valence-corrected chi connectivity index (χ4v) is 2.93. The van der Waals surface area contributed by atoms with Crippen molar-refractivity contribution in [2.45, 2.75) is 98.5 Å². The maximum atomic E-state index is 12.1. The molecule has 0 bridgehead atoms. The van der Waals surface area contributed by atoms with Gasteiger partial charge in [0.2, 0.25) is 0 Å². The molecule has 0 aromatic heterocycles. The van der Waals surface area contributed by atoms with Crippen molar-refractivity contribution in [3.63, 3.8) is 0 Å². The summed E-state index contributed by atoms with van der Waals surface area (Å²) in [7, 11) is 0. The number of carbonyl (C=O) groups is 2. The van der Waals surface area contributed by atoms with Crippen LogP contribution in [0, 0.1) is 11.3 Å². The molecule has 0 aromatic carbocycles. The van der Waals surface area contributed by atoms with E-state index in [2.05, 4.69) is 31.1 Å². The summed E-state index contributed by atoms with van der Waals surface area (Å²) in [5.41, 5.74) is -1.34. The van der Waals surface area contributed by atoms with Gasteiger partial charge in [-0.2, -0.15) is 0 Å². The molecular weight excluding hydrogens is 372 g/mol. The van der Waals surface area contributed by atoms with Gasteiger partial charge in [-0.1, -0.05) is 19.9 Å². The number of carbonyl (C=O) groups excluding carboxylic acids is 2. The van der Waals surface area contributed by atoms with Crippen LogP contribution >= 0.6 is 0 Å². The smallest absolute Gasteiger partial charge is 0.407 e. The minimum Gasteiger partial charge on any atom is -0.444 e. The fourth-order valence-electron chi connectivity index (χ4n) is 2.93. The quantitative estimate of drug-likeness (QED) is 0.486. The van der Waals surface area contributed by atoms with Crippen LogP contribution in [-0.4, -0.2) is 47.2 Å². The molecule has 1 unspecified atom stereocenters. The lowest BCUT2D eigenvalue weighted by atomic mass is 9.75. The van der Waals surface area contributed by atoms with Gasteiger partial charge in [-0.25, -0.2) is 9.59 Å². The van der Waals surface area contributed by atoms with Crippen LogP contribution in [0.3, 0.4) is 0 Å². The van der Waals surface area contributed by atoms with E-state index in [9.17, 15) is 14.7 Å². The third-order valence-electron chi connectivity index (χ3n) is 4.33. The topological polar surface area (TPSA) is 96.9 Å². The number of alkyl carbamates (subject to hydrolysis) is 2. The molecule has 29 heavy (non-hydrogen) atoms. The van der Waals surface area contributed by atoms with E-state index in [4.69, 9.17) is 9.47 Å². The molecule has 0 aliphatic heterocycles. The van der Waals surface area contributed by atoms with Crippen molar-refractivity contribution in [1.82, 2.24) is 10.6 Å². The van der Waals surface area contributed by atoms with Crippen LogP contribution < -0.4 is 10.6 Å². The molecule has 0 aromatic rings. The van der Waals surface area contributed by atoms with Crippen LogP contribution in [0.5, 0.6) is 0 Å². The summed E-state index contributed by atoms with van der Waals surface area (Å²) in [6.07, 6.45) is 1.04. The summed E-state index contributed by atoms with van der Waals surface area (Å²) < 4.78 is 10.6. The summed E-state index contributed by atoms with van der Waals surface area (Å²) in [6, 6.07) is -0.323. The number of amides is 2. The van der Waals surface area contributed by atoms with Crippen molar-refractivity contribution >= 4 is 12.2 Å². The zero-order chi connectivity index (χ0) is 23.0. The summed E-state index contributed by atoms with van der Waals surface area (Å²) in [5, 5.41) is 16.0. The second-order valence-electron chi connectivity index (χ2n) is 10.4. The van der Waals surface area contributed by atoms with Gasteiger partial charge in [0.1, 0.15) is 11.2 Å². The molecule has 0 aliphatic carbocycles. The second-order valence-corrected chi connectivity index (χ2v) is 10.4. The number of rotatable bonds is 9. The molecule has 2 amide bonds. The average molecular weight is 415 g/mol. The van der Waals surface area contributed by atoms with Crippen molar-refractivity contribution in [2.24, 2.45) is 11.3 Å². The normalized spacial score (nSPS) is 15.7. The van der Waals surface area contributed by atoms with Gasteiger partial charge in [0.25, 0.3) is 0 Å². The second kappa shape index (κ2) is 10.9. The predicted octanol–water partition coefficient (Wildman–Crippen LogP) is 4.39. The Kier molecular flexibility index (Phi) is 10.2. The lowest BCUT2D eigenvalue weighted by Crippen LogP contribution is -2.46. The highest BCUT2D eigenvalue weighted by atomic mass is 16.6. The number of nitrogens with one attached hydrogen (secondary N) is 2. The van der Waals surface area contributed by atoms with Gasteiger partial charge in [-0.15, -0.1) is 6.58 Å². The number of hydrogen-bond donors (Lipinski definition) is 3. The van der Waals surface area contributed by atoms with E-state index < -0.39 is 29.5 Å². The molecular formula is C22H42N2O5. The monoisotopic (exact) mass is 414 g/mol.